The van der Waals surface area contributed by atoms with E-state index in [-0.39, 0.29) is 16.9 Å². The van der Waals surface area contributed by atoms with Crippen molar-refractivity contribution in [3.8, 4) is 0 Å². The highest BCUT2D eigenvalue weighted by molar-refractivity contribution is 5.73. The van der Waals surface area contributed by atoms with E-state index in [0.717, 1.165) is 12.3 Å². The summed E-state index contributed by atoms with van der Waals surface area (Å²) >= 11 is 0. The van der Waals surface area contributed by atoms with Crippen molar-refractivity contribution in [3.63, 3.8) is 0 Å². The smallest absolute Gasteiger partial charge is 0.335 e. The zero-order valence-corrected chi connectivity index (χ0v) is 25.5. The molecule has 4 aliphatic carbocycles. The summed E-state index contributed by atoms with van der Waals surface area (Å²) in [5.74, 6) is 2.72. The van der Waals surface area contributed by atoms with Crippen molar-refractivity contribution in [2.75, 3.05) is 0 Å². The molecule has 0 aromatic rings. The second-order valence-corrected chi connectivity index (χ2v) is 15.4. The van der Waals surface area contributed by atoms with Gasteiger partial charge in [0.25, 0.3) is 0 Å². The minimum Gasteiger partial charge on any atom is -0.479 e. The number of hydrogen-bond acceptors (Lipinski definition) is 6. The molecule has 0 spiro atoms. The highest BCUT2D eigenvalue weighted by Gasteiger charge is 2.63. The third kappa shape index (κ3) is 5.29. The van der Waals surface area contributed by atoms with Crippen LogP contribution in [0.1, 0.15) is 112 Å². The van der Waals surface area contributed by atoms with Crippen molar-refractivity contribution in [3.05, 3.63) is 0 Å². The molecule has 5 aliphatic rings. The summed E-state index contributed by atoms with van der Waals surface area (Å²) in [5, 5.41) is 41.2. The van der Waals surface area contributed by atoms with Gasteiger partial charge in [-0.2, -0.15) is 0 Å². The molecule has 1 heterocycles. The first-order valence-corrected chi connectivity index (χ1v) is 16.5. The zero-order chi connectivity index (χ0) is 29.0. The number of carbonyl (C=O) groups is 1. The van der Waals surface area contributed by atoms with Crippen molar-refractivity contribution in [2.24, 2.45) is 52.3 Å². The molecule has 1 saturated heterocycles. The molecule has 0 aromatic heterocycles. The summed E-state index contributed by atoms with van der Waals surface area (Å²) in [7, 11) is 0. The Kier molecular flexibility index (Phi) is 9.02. The number of carboxylic acid groups (broad SMARTS) is 1. The molecule has 0 bridgehead atoms. The first-order chi connectivity index (χ1) is 18.9. The fraction of sp³-hybridized carbons (Fsp3) is 0.970. The number of hydrogen-bond donors (Lipinski definition) is 4. The van der Waals surface area contributed by atoms with Gasteiger partial charge >= 0.3 is 5.97 Å². The number of aliphatic carboxylic acids is 1. The Morgan fingerprint density at radius 1 is 0.900 bits per heavy atom. The third-order valence-electron chi connectivity index (χ3n) is 12.9. The van der Waals surface area contributed by atoms with Crippen LogP contribution in [-0.2, 0) is 14.3 Å². The molecule has 5 rings (SSSR count). The van der Waals surface area contributed by atoms with Crippen LogP contribution in [0.4, 0.5) is 0 Å². The molecule has 40 heavy (non-hydrogen) atoms. The Hall–Kier alpha value is -0.730. The highest BCUT2D eigenvalue weighted by Crippen LogP contribution is 2.69. The van der Waals surface area contributed by atoms with Crippen LogP contribution in [0.15, 0.2) is 0 Å². The van der Waals surface area contributed by atoms with Crippen LogP contribution in [0, 0.1) is 52.3 Å². The summed E-state index contributed by atoms with van der Waals surface area (Å²) in [6.07, 6.45) is 6.80. The van der Waals surface area contributed by atoms with Gasteiger partial charge in [0.1, 0.15) is 18.3 Å². The average molecular weight is 565 g/mol. The lowest BCUT2D eigenvalue weighted by atomic mass is 9.44. The van der Waals surface area contributed by atoms with Gasteiger partial charge in [0.2, 0.25) is 0 Å². The molecule has 0 amide bonds. The molecule has 14 atom stereocenters. The number of aliphatic hydroxyl groups is 3. The quantitative estimate of drug-likeness (QED) is 0.292. The Bertz CT molecular complexity index is 894. The number of ether oxygens (including phenoxy) is 2. The molecule has 230 valence electrons. The van der Waals surface area contributed by atoms with Crippen LogP contribution in [-0.4, -0.2) is 63.2 Å². The third-order valence-corrected chi connectivity index (χ3v) is 12.9. The Labute approximate surface area is 241 Å². The van der Waals surface area contributed by atoms with Crippen LogP contribution in [0.2, 0.25) is 0 Å². The molecular formula is C33H56O7. The first kappa shape index (κ1) is 30.7. The van der Waals surface area contributed by atoms with Crippen molar-refractivity contribution < 1.29 is 34.7 Å². The van der Waals surface area contributed by atoms with E-state index in [9.17, 15) is 25.2 Å². The van der Waals surface area contributed by atoms with Gasteiger partial charge in [-0.05, 0) is 97.2 Å². The van der Waals surface area contributed by atoms with Crippen molar-refractivity contribution in [2.45, 2.75) is 148 Å². The summed E-state index contributed by atoms with van der Waals surface area (Å²) in [4.78, 5) is 11.8. The molecule has 4 N–H and O–H groups in total. The van der Waals surface area contributed by atoms with Gasteiger partial charge < -0.3 is 29.9 Å². The van der Waals surface area contributed by atoms with Gasteiger partial charge in [-0.1, -0.05) is 66.7 Å². The summed E-state index contributed by atoms with van der Waals surface area (Å²) in [6.45, 7) is 12.2. The first-order valence-electron chi connectivity index (χ1n) is 16.5. The number of carboxylic acids is 1. The SMILES string of the molecule is CC(C)CCC[C@@H](C)[C@H]1CC[C@H]2[C@@H]3C(OC4O[C@H](C(=O)O)[C@@H](O)[C@H](O)[C@H]4O)CC4CCCC[C@]4(C)[C@H]3CC[C@]12C. The fourth-order valence-corrected chi connectivity index (χ4v) is 10.7. The van der Waals surface area contributed by atoms with E-state index in [2.05, 4.69) is 34.6 Å². The lowest BCUT2D eigenvalue weighted by Crippen LogP contribution is -2.63. The van der Waals surface area contributed by atoms with Gasteiger partial charge in [-0.3, -0.25) is 0 Å². The molecule has 7 heteroatoms. The van der Waals surface area contributed by atoms with Crippen molar-refractivity contribution >= 4 is 5.97 Å². The molecule has 0 aromatic carbocycles. The Morgan fingerprint density at radius 2 is 1.62 bits per heavy atom. The van der Waals surface area contributed by atoms with Gasteiger partial charge in [-0.15, -0.1) is 0 Å². The van der Waals surface area contributed by atoms with E-state index in [4.69, 9.17) is 9.47 Å². The molecule has 0 radical (unpaired) electrons. The minimum absolute atomic E-state index is 0.155. The van der Waals surface area contributed by atoms with E-state index in [0.29, 0.717) is 35.5 Å². The second kappa shape index (κ2) is 11.7. The molecular weight excluding hydrogens is 508 g/mol. The predicted molar refractivity (Wildman–Crippen MR) is 152 cm³/mol. The predicted octanol–water partition coefficient (Wildman–Crippen LogP) is 5.39. The summed E-state index contributed by atoms with van der Waals surface area (Å²) < 4.78 is 12.3. The van der Waals surface area contributed by atoms with E-state index in [1.807, 2.05) is 0 Å². The lowest BCUT2D eigenvalue weighted by Gasteiger charge is -2.63. The largest absolute Gasteiger partial charge is 0.479 e. The van der Waals surface area contributed by atoms with Gasteiger partial charge in [-0.25, -0.2) is 4.79 Å². The Balaban J connectivity index is 1.41. The minimum atomic E-state index is -1.70. The average Bonchev–Trinajstić information content (AvgIpc) is 3.25. The fourth-order valence-electron chi connectivity index (χ4n) is 10.7. The van der Waals surface area contributed by atoms with E-state index in [1.54, 1.807) is 0 Å². The van der Waals surface area contributed by atoms with Gasteiger partial charge in [0.05, 0.1) is 6.10 Å². The van der Waals surface area contributed by atoms with Crippen molar-refractivity contribution in [1.29, 1.82) is 0 Å². The number of aliphatic hydroxyl groups excluding tert-OH is 3. The monoisotopic (exact) mass is 564 g/mol. The number of fused-ring (bicyclic) bond motifs is 5. The summed E-state index contributed by atoms with van der Waals surface area (Å²) in [5.41, 5.74) is 0.541. The zero-order valence-electron chi connectivity index (χ0n) is 25.5. The topological polar surface area (TPSA) is 116 Å². The maximum Gasteiger partial charge on any atom is 0.335 e. The van der Waals surface area contributed by atoms with E-state index in [1.165, 1.54) is 70.6 Å². The van der Waals surface area contributed by atoms with E-state index >= 15 is 0 Å². The van der Waals surface area contributed by atoms with Crippen molar-refractivity contribution in [1.82, 2.24) is 0 Å². The normalized spacial score (nSPS) is 49.7. The molecule has 7 nitrogen and oxygen atoms in total. The molecule has 1 aliphatic heterocycles. The standard InChI is InChI=1S/C33H56O7/c1-18(2)9-8-10-19(3)21-12-13-22-25-23(14-16-33(21,22)5)32(4)15-7-6-11-20(32)17-24(25)39-31-28(36)26(34)27(35)29(40-31)30(37)38/h18-29,31,34-36H,6-17H2,1-5H3,(H,37,38)/t19-,20?,21-,22+,23+,24?,25+,26+,27+,28-,29+,31?,32+,33-/m1/s1. The van der Waals surface area contributed by atoms with Gasteiger partial charge in [0.15, 0.2) is 12.4 Å². The van der Waals surface area contributed by atoms with Crippen LogP contribution in [0.25, 0.3) is 0 Å². The maximum atomic E-state index is 11.8. The molecule has 5 fully saturated rings. The Morgan fingerprint density at radius 3 is 2.33 bits per heavy atom. The lowest BCUT2D eigenvalue weighted by molar-refractivity contribution is -0.321. The summed E-state index contributed by atoms with van der Waals surface area (Å²) in [6, 6.07) is 0. The molecule has 4 saturated carbocycles. The van der Waals surface area contributed by atoms with Crippen LogP contribution < -0.4 is 0 Å². The molecule has 3 unspecified atom stereocenters. The second-order valence-electron chi connectivity index (χ2n) is 15.4. The maximum absolute atomic E-state index is 11.8. The van der Waals surface area contributed by atoms with E-state index < -0.39 is 36.7 Å². The number of rotatable bonds is 8. The van der Waals surface area contributed by atoms with Crippen LogP contribution in [0.3, 0.4) is 0 Å². The van der Waals surface area contributed by atoms with Crippen LogP contribution >= 0.6 is 0 Å². The highest BCUT2D eigenvalue weighted by atomic mass is 16.7. The van der Waals surface area contributed by atoms with Gasteiger partial charge in [0, 0.05) is 0 Å². The van der Waals surface area contributed by atoms with Crippen LogP contribution in [0.5, 0.6) is 0 Å².